The second-order valence-electron chi connectivity index (χ2n) is 8.80. The molecule has 0 atom stereocenters. The molecule has 0 spiro atoms. The van der Waals surface area contributed by atoms with Crippen LogP contribution in [0, 0.1) is 0 Å². The smallest absolute Gasteiger partial charge is 0.273 e. The fraction of sp³-hybridized carbons (Fsp3) is 0.348. The van der Waals surface area contributed by atoms with E-state index in [1.165, 1.54) is 31.4 Å². The third kappa shape index (κ3) is 6.49. The number of sulfone groups is 1. The number of pyridine rings is 2. The standard InChI is InChI=1S/C23H30N8O3S/c1-14(2)29-23(3,4)15-9-10-18(26-13-15)28-19-12-16(20(31-30-19)22(32)24-5)27-21-17(35(6,33)34)8-7-11-25-21/h7-14,29H,1-6H3,(H,24,32)(H2,25,26,27,28,30). The van der Waals surface area contributed by atoms with Gasteiger partial charge >= 0.3 is 0 Å². The van der Waals surface area contributed by atoms with Gasteiger partial charge in [-0.25, -0.2) is 18.4 Å². The third-order valence-corrected chi connectivity index (χ3v) is 6.18. The van der Waals surface area contributed by atoms with E-state index in [2.05, 4.69) is 69.1 Å². The molecule has 0 fully saturated rings. The molecular weight excluding hydrogens is 468 g/mol. The van der Waals surface area contributed by atoms with Crippen LogP contribution in [0.5, 0.6) is 0 Å². The molecule has 4 N–H and O–H groups in total. The fourth-order valence-corrected chi connectivity index (χ4v) is 4.30. The van der Waals surface area contributed by atoms with E-state index < -0.39 is 15.7 Å². The number of nitrogens with one attached hydrogen (secondary N) is 4. The number of nitrogens with zero attached hydrogens (tertiary/aromatic N) is 4. The number of anilines is 4. The lowest BCUT2D eigenvalue weighted by Crippen LogP contribution is -2.41. The topological polar surface area (TPSA) is 151 Å². The molecule has 3 aromatic heterocycles. The van der Waals surface area contributed by atoms with Crippen LogP contribution in [-0.2, 0) is 15.4 Å². The molecule has 0 aliphatic heterocycles. The van der Waals surface area contributed by atoms with E-state index >= 15 is 0 Å². The molecule has 0 saturated heterocycles. The summed E-state index contributed by atoms with van der Waals surface area (Å²) in [4.78, 5) is 20.9. The Morgan fingerprint density at radius 2 is 1.77 bits per heavy atom. The first kappa shape index (κ1) is 26.0. The summed E-state index contributed by atoms with van der Waals surface area (Å²) < 4.78 is 24.3. The maximum Gasteiger partial charge on any atom is 0.273 e. The molecule has 0 unspecified atom stereocenters. The number of aromatic nitrogens is 4. The van der Waals surface area contributed by atoms with Gasteiger partial charge in [-0.15, -0.1) is 10.2 Å². The molecule has 0 radical (unpaired) electrons. The summed E-state index contributed by atoms with van der Waals surface area (Å²) in [7, 11) is -2.11. The molecule has 35 heavy (non-hydrogen) atoms. The van der Waals surface area contributed by atoms with Gasteiger partial charge in [0.2, 0.25) is 0 Å². The van der Waals surface area contributed by atoms with Crippen molar-refractivity contribution in [1.29, 1.82) is 0 Å². The minimum absolute atomic E-state index is 0.0101. The van der Waals surface area contributed by atoms with E-state index in [4.69, 9.17) is 0 Å². The number of carbonyl (C=O) groups excluding carboxylic acids is 1. The summed E-state index contributed by atoms with van der Waals surface area (Å²) in [5.41, 5.74) is 0.965. The maximum absolute atomic E-state index is 12.4. The quantitative estimate of drug-likeness (QED) is 0.347. The molecule has 11 nitrogen and oxygen atoms in total. The van der Waals surface area contributed by atoms with E-state index in [-0.39, 0.29) is 27.6 Å². The second kappa shape index (κ2) is 10.3. The number of rotatable bonds is 9. The highest BCUT2D eigenvalue weighted by atomic mass is 32.2. The van der Waals surface area contributed by atoms with E-state index in [0.29, 0.717) is 17.7 Å². The Balaban J connectivity index is 1.92. The number of carbonyl (C=O) groups is 1. The lowest BCUT2D eigenvalue weighted by atomic mass is 9.95. The van der Waals surface area contributed by atoms with Crippen molar-refractivity contribution in [1.82, 2.24) is 30.8 Å². The van der Waals surface area contributed by atoms with Crippen molar-refractivity contribution in [3.05, 3.63) is 54.0 Å². The zero-order valence-corrected chi connectivity index (χ0v) is 21.4. The summed E-state index contributed by atoms with van der Waals surface area (Å²) in [6.07, 6.45) is 4.31. The number of hydrogen-bond donors (Lipinski definition) is 4. The molecule has 0 bridgehead atoms. The highest BCUT2D eigenvalue weighted by Crippen LogP contribution is 2.27. The van der Waals surface area contributed by atoms with E-state index in [0.717, 1.165) is 11.8 Å². The van der Waals surface area contributed by atoms with Crippen LogP contribution in [-0.4, -0.2) is 53.8 Å². The van der Waals surface area contributed by atoms with Crippen LogP contribution >= 0.6 is 0 Å². The van der Waals surface area contributed by atoms with Gasteiger partial charge in [-0.05, 0) is 37.6 Å². The minimum Gasteiger partial charge on any atom is -0.354 e. The highest BCUT2D eigenvalue weighted by molar-refractivity contribution is 7.90. The predicted molar refractivity (Wildman–Crippen MR) is 135 cm³/mol. The van der Waals surface area contributed by atoms with Gasteiger partial charge in [0, 0.05) is 43.3 Å². The largest absolute Gasteiger partial charge is 0.354 e. The lowest BCUT2D eigenvalue weighted by molar-refractivity contribution is 0.0958. The van der Waals surface area contributed by atoms with Crippen LogP contribution in [0.25, 0.3) is 0 Å². The predicted octanol–water partition coefficient (Wildman–Crippen LogP) is 2.75. The Kier molecular flexibility index (Phi) is 7.66. The summed E-state index contributed by atoms with van der Waals surface area (Å²) in [6, 6.07) is 8.58. The molecule has 3 heterocycles. The summed E-state index contributed by atoms with van der Waals surface area (Å²) in [5, 5.41) is 20.1. The fourth-order valence-electron chi connectivity index (χ4n) is 3.52. The maximum atomic E-state index is 12.4. The van der Waals surface area contributed by atoms with Gasteiger partial charge in [0.1, 0.15) is 16.5 Å². The normalized spacial score (nSPS) is 11.9. The summed E-state index contributed by atoms with van der Waals surface area (Å²) in [5.74, 6) is 0.403. The first-order valence-corrected chi connectivity index (χ1v) is 12.8. The lowest BCUT2D eigenvalue weighted by Gasteiger charge is -2.29. The Bertz CT molecular complexity index is 1310. The van der Waals surface area contributed by atoms with Gasteiger partial charge in [0.25, 0.3) is 5.91 Å². The van der Waals surface area contributed by atoms with Crippen LogP contribution in [0.15, 0.2) is 47.6 Å². The van der Waals surface area contributed by atoms with E-state index in [9.17, 15) is 13.2 Å². The van der Waals surface area contributed by atoms with Crippen LogP contribution in [0.4, 0.5) is 23.1 Å². The SMILES string of the molecule is CNC(=O)c1nnc(Nc2ccc(C(C)(C)NC(C)C)cn2)cc1Nc1ncccc1S(C)(=O)=O. The van der Waals surface area contributed by atoms with Crippen LogP contribution in [0.1, 0.15) is 43.7 Å². The van der Waals surface area contributed by atoms with Crippen molar-refractivity contribution >= 4 is 38.9 Å². The molecular formula is C23H30N8O3S. The Morgan fingerprint density at radius 3 is 2.37 bits per heavy atom. The molecule has 0 aliphatic carbocycles. The zero-order chi connectivity index (χ0) is 25.8. The number of hydrogen-bond acceptors (Lipinski definition) is 10. The highest BCUT2D eigenvalue weighted by Gasteiger charge is 2.22. The Hall–Kier alpha value is -3.64. The number of amides is 1. The molecule has 3 aromatic rings. The van der Waals surface area contributed by atoms with Crippen molar-refractivity contribution in [2.75, 3.05) is 23.9 Å². The van der Waals surface area contributed by atoms with Crippen LogP contribution in [0.2, 0.25) is 0 Å². The van der Waals surface area contributed by atoms with Gasteiger partial charge in [0.05, 0.1) is 5.69 Å². The molecule has 0 aromatic carbocycles. The van der Waals surface area contributed by atoms with Crippen molar-refractivity contribution in [3.63, 3.8) is 0 Å². The Morgan fingerprint density at radius 1 is 1.03 bits per heavy atom. The average Bonchev–Trinajstić information content (AvgIpc) is 2.78. The van der Waals surface area contributed by atoms with Gasteiger partial charge in [-0.2, -0.15) is 0 Å². The molecule has 3 rings (SSSR count). The zero-order valence-electron chi connectivity index (χ0n) is 20.5. The van der Waals surface area contributed by atoms with Gasteiger partial charge in [-0.3, -0.25) is 4.79 Å². The molecule has 1 amide bonds. The summed E-state index contributed by atoms with van der Waals surface area (Å²) in [6.45, 7) is 8.34. The first-order chi connectivity index (χ1) is 16.4. The van der Waals surface area contributed by atoms with Gasteiger partial charge in [0.15, 0.2) is 21.3 Å². The molecule has 12 heteroatoms. The average molecular weight is 499 g/mol. The van der Waals surface area contributed by atoms with Crippen molar-refractivity contribution < 1.29 is 13.2 Å². The molecule has 0 aliphatic rings. The van der Waals surface area contributed by atoms with Gasteiger partial charge in [-0.1, -0.05) is 19.9 Å². The molecule has 186 valence electrons. The van der Waals surface area contributed by atoms with Crippen molar-refractivity contribution in [2.24, 2.45) is 0 Å². The van der Waals surface area contributed by atoms with Crippen molar-refractivity contribution in [2.45, 2.75) is 44.2 Å². The first-order valence-electron chi connectivity index (χ1n) is 10.9. The third-order valence-electron chi connectivity index (χ3n) is 5.05. The Labute approximate surface area is 205 Å². The summed E-state index contributed by atoms with van der Waals surface area (Å²) >= 11 is 0. The van der Waals surface area contributed by atoms with E-state index in [1.54, 1.807) is 6.20 Å². The second-order valence-corrected chi connectivity index (χ2v) is 10.8. The molecule has 0 saturated carbocycles. The van der Waals surface area contributed by atoms with Gasteiger partial charge < -0.3 is 21.3 Å². The van der Waals surface area contributed by atoms with E-state index in [1.807, 2.05) is 12.1 Å². The van der Waals surface area contributed by atoms with Crippen LogP contribution < -0.4 is 21.3 Å². The van der Waals surface area contributed by atoms with Crippen molar-refractivity contribution in [3.8, 4) is 0 Å². The van der Waals surface area contributed by atoms with Crippen LogP contribution in [0.3, 0.4) is 0 Å². The minimum atomic E-state index is -3.57. The monoisotopic (exact) mass is 498 g/mol.